The van der Waals surface area contributed by atoms with Crippen molar-refractivity contribution in [2.24, 2.45) is 0 Å². The van der Waals surface area contributed by atoms with E-state index in [2.05, 4.69) is 20.3 Å². The molecule has 2 unspecified atom stereocenters. The van der Waals surface area contributed by atoms with Gasteiger partial charge in [-0.25, -0.2) is 15.0 Å². The second-order valence-electron chi connectivity index (χ2n) is 6.22. The highest BCUT2D eigenvalue weighted by molar-refractivity contribution is 5.81. The van der Waals surface area contributed by atoms with E-state index < -0.39 is 43.0 Å². The average Bonchev–Trinajstić information content (AvgIpc) is 3.16. The number of nitrogens with one attached hydrogen (secondary N) is 1. The number of nitrogens with zero attached hydrogens (tertiary/aromatic N) is 4. The summed E-state index contributed by atoms with van der Waals surface area (Å²) in [6, 6.07) is 0. The lowest BCUT2D eigenvalue weighted by Crippen LogP contribution is -2.58. The number of aromatic nitrogens is 4. The molecule has 0 aliphatic carbocycles. The Hall–Kier alpha value is -1.93. The van der Waals surface area contributed by atoms with Crippen LogP contribution >= 0.6 is 0 Å². The van der Waals surface area contributed by atoms with E-state index in [1.807, 2.05) is 0 Å². The van der Waals surface area contributed by atoms with Gasteiger partial charge in [0, 0.05) is 6.54 Å². The number of nitrogens with two attached hydrogens (primary N) is 1. The quantitative estimate of drug-likeness (QED) is 0.266. The highest BCUT2D eigenvalue weighted by atomic mass is 16.6. The molecule has 0 spiro atoms. The van der Waals surface area contributed by atoms with Crippen molar-refractivity contribution in [3.8, 4) is 0 Å². The first kappa shape index (κ1) is 18.8. The Kier molecular flexibility index (Phi) is 5.07. The Morgan fingerprint density at radius 2 is 2.08 bits per heavy atom. The predicted octanol–water partition coefficient (Wildman–Crippen LogP) is -3.54. The Labute approximate surface area is 147 Å². The van der Waals surface area contributed by atoms with Crippen molar-refractivity contribution in [1.29, 1.82) is 0 Å². The average molecular weight is 370 g/mol. The van der Waals surface area contributed by atoms with E-state index in [-0.39, 0.29) is 23.5 Å². The summed E-state index contributed by atoms with van der Waals surface area (Å²) >= 11 is 0. The number of aliphatic hydroxyl groups excluding tert-OH is 5. The molecule has 1 saturated heterocycles. The minimum Gasteiger partial charge on any atom is -0.394 e. The first-order chi connectivity index (χ1) is 12.3. The maximum absolute atomic E-state index is 10.7. The van der Waals surface area contributed by atoms with Crippen LogP contribution in [-0.2, 0) is 10.6 Å². The Morgan fingerprint density at radius 1 is 1.35 bits per heavy atom. The zero-order valence-electron chi connectivity index (χ0n) is 14.0. The third-order valence-corrected chi connectivity index (χ3v) is 4.37. The fourth-order valence-corrected chi connectivity index (χ4v) is 3.00. The van der Waals surface area contributed by atoms with Crippen LogP contribution in [0.5, 0.6) is 0 Å². The van der Waals surface area contributed by atoms with E-state index in [0.29, 0.717) is 0 Å². The molecule has 0 bridgehead atoms. The van der Waals surface area contributed by atoms with Crippen molar-refractivity contribution < 1.29 is 30.3 Å². The zero-order valence-corrected chi connectivity index (χ0v) is 14.0. The molecule has 8 N–H and O–H groups in total. The number of imidazole rings is 1. The lowest BCUT2D eigenvalue weighted by Gasteiger charge is -2.35. The molecule has 6 atom stereocenters. The molecule has 0 radical (unpaired) electrons. The van der Waals surface area contributed by atoms with E-state index in [1.165, 1.54) is 24.1 Å². The number of ether oxygens (including phenoxy) is 1. The molecule has 12 nitrogen and oxygen atoms in total. The molecular formula is C14H22N6O6. The lowest BCUT2D eigenvalue weighted by atomic mass is 10.0. The molecule has 0 amide bonds. The number of fused-ring (bicyclic) bond motifs is 1. The molecule has 2 aromatic rings. The minimum atomic E-state index is -1.81. The van der Waals surface area contributed by atoms with Gasteiger partial charge < -0.3 is 36.0 Å². The highest BCUT2D eigenvalue weighted by Crippen LogP contribution is 2.37. The van der Waals surface area contributed by atoms with E-state index in [4.69, 9.17) is 15.6 Å². The second-order valence-corrected chi connectivity index (χ2v) is 6.22. The topological polar surface area (TPSA) is 192 Å². The predicted molar refractivity (Wildman–Crippen MR) is 87.4 cm³/mol. The molecule has 0 aromatic carbocycles. The van der Waals surface area contributed by atoms with Crippen molar-refractivity contribution in [3.05, 3.63) is 12.7 Å². The van der Waals surface area contributed by atoms with Gasteiger partial charge in [-0.15, -0.1) is 0 Å². The summed E-state index contributed by atoms with van der Waals surface area (Å²) < 4.78 is 7.10. The molecule has 144 valence electrons. The van der Waals surface area contributed by atoms with Gasteiger partial charge in [0.15, 0.2) is 11.5 Å². The van der Waals surface area contributed by atoms with E-state index >= 15 is 0 Å². The number of hydrogen-bond donors (Lipinski definition) is 7. The summed E-state index contributed by atoms with van der Waals surface area (Å²) in [4.78, 5) is 12.0. The van der Waals surface area contributed by atoms with Crippen LogP contribution in [0.15, 0.2) is 12.7 Å². The largest absolute Gasteiger partial charge is 0.394 e. The standard InChI is InChI=1S/C14H22N6O6/c1-6(22)10-9(24)11(25)14(26-10,19-2-7(23)3-21)20-5-18-8-12(15)16-4-17-13(8)20/h4-7,9-11,19,21-25H,2-3H2,1H3,(H2,15,16,17)/t6?,7?,9-,10-,11-,14+/m1/s1. The van der Waals surface area contributed by atoms with Crippen LogP contribution in [0.1, 0.15) is 6.92 Å². The highest BCUT2D eigenvalue weighted by Gasteiger charge is 2.57. The van der Waals surface area contributed by atoms with Crippen LogP contribution in [0.2, 0.25) is 0 Å². The summed E-state index contributed by atoms with van der Waals surface area (Å²) in [5.41, 5.74) is 6.24. The van der Waals surface area contributed by atoms with Crippen LogP contribution in [0, 0.1) is 0 Å². The number of nitrogen functional groups attached to an aromatic ring is 1. The third kappa shape index (κ3) is 2.91. The van der Waals surface area contributed by atoms with E-state index in [1.54, 1.807) is 0 Å². The number of aliphatic hydroxyl groups is 5. The van der Waals surface area contributed by atoms with Gasteiger partial charge in [0.2, 0.25) is 5.85 Å². The SMILES string of the molecule is CC(O)[C@H]1O[C@@](NCC(O)CO)(n2cnc3c(N)ncnc32)[C@H](O)[C@@H]1O. The number of hydrogen-bond acceptors (Lipinski definition) is 11. The van der Waals surface area contributed by atoms with Crippen molar-refractivity contribution in [3.63, 3.8) is 0 Å². The second kappa shape index (κ2) is 7.00. The van der Waals surface area contributed by atoms with Crippen LogP contribution in [0.3, 0.4) is 0 Å². The fraction of sp³-hybridized carbons (Fsp3) is 0.643. The first-order valence-corrected chi connectivity index (χ1v) is 8.01. The molecule has 3 heterocycles. The number of anilines is 1. The van der Waals surface area contributed by atoms with Gasteiger partial charge in [-0.2, -0.15) is 0 Å². The van der Waals surface area contributed by atoms with Crippen molar-refractivity contribution in [2.45, 2.75) is 43.3 Å². The molecule has 1 aliphatic rings. The third-order valence-electron chi connectivity index (χ3n) is 4.37. The van der Waals surface area contributed by atoms with E-state index in [9.17, 15) is 20.4 Å². The fourth-order valence-electron chi connectivity index (χ4n) is 3.00. The maximum atomic E-state index is 10.7. The zero-order chi connectivity index (χ0) is 19.1. The first-order valence-electron chi connectivity index (χ1n) is 8.01. The summed E-state index contributed by atoms with van der Waals surface area (Å²) in [6.07, 6.45) is -3.88. The molecule has 12 heteroatoms. The maximum Gasteiger partial charge on any atom is 0.234 e. The Morgan fingerprint density at radius 3 is 2.69 bits per heavy atom. The van der Waals surface area contributed by atoms with Gasteiger partial charge in [0.25, 0.3) is 0 Å². The molecule has 26 heavy (non-hydrogen) atoms. The van der Waals surface area contributed by atoms with Crippen LogP contribution in [0.25, 0.3) is 11.2 Å². The van der Waals surface area contributed by atoms with Gasteiger partial charge in [0.1, 0.15) is 36.5 Å². The molecule has 0 saturated carbocycles. The Bertz CT molecular complexity index is 771. The summed E-state index contributed by atoms with van der Waals surface area (Å²) in [6.45, 7) is 0.694. The summed E-state index contributed by atoms with van der Waals surface area (Å²) in [5.74, 6) is -1.70. The smallest absolute Gasteiger partial charge is 0.234 e. The molecule has 1 fully saturated rings. The lowest BCUT2D eigenvalue weighted by molar-refractivity contribution is -0.180. The molecule has 1 aliphatic heterocycles. The van der Waals surface area contributed by atoms with Crippen LogP contribution < -0.4 is 11.1 Å². The monoisotopic (exact) mass is 370 g/mol. The molecule has 3 rings (SSSR count). The van der Waals surface area contributed by atoms with Gasteiger partial charge in [-0.1, -0.05) is 0 Å². The van der Waals surface area contributed by atoms with Gasteiger partial charge >= 0.3 is 0 Å². The summed E-state index contributed by atoms with van der Waals surface area (Å²) in [7, 11) is 0. The normalized spacial score (nSPS) is 31.4. The summed E-state index contributed by atoms with van der Waals surface area (Å²) in [5, 5.41) is 52.4. The van der Waals surface area contributed by atoms with Crippen molar-refractivity contribution in [2.75, 3.05) is 18.9 Å². The minimum absolute atomic E-state index is 0.111. The van der Waals surface area contributed by atoms with Crippen molar-refractivity contribution in [1.82, 2.24) is 24.8 Å². The molecular weight excluding hydrogens is 348 g/mol. The van der Waals surface area contributed by atoms with Gasteiger partial charge in [-0.05, 0) is 6.92 Å². The number of rotatable bonds is 6. The van der Waals surface area contributed by atoms with E-state index in [0.717, 1.165) is 0 Å². The van der Waals surface area contributed by atoms with Gasteiger partial charge in [-0.3, -0.25) is 9.88 Å². The van der Waals surface area contributed by atoms with Gasteiger partial charge in [0.05, 0.1) is 18.8 Å². The van der Waals surface area contributed by atoms with Crippen LogP contribution in [0.4, 0.5) is 5.82 Å². The van der Waals surface area contributed by atoms with Crippen LogP contribution in [-0.4, -0.2) is 88.7 Å². The Balaban J connectivity index is 2.10. The van der Waals surface area contributed by atoms with Crippen molar-refractivity contribution >= 4 is 17.0 Å². The molecule has 2 aromatic heterocycles.